The van der Waals surface area contributed by atoms with Crippen molar-refractivity contribution >= 4 is 35.2 Å². The van der Waals surface area contributed by atoms with E-state index >= 15 is 0 Å². The summed E-state index contributed by atoms with van der Waals surface area (Å²) < 4.78 is 10.4. The zero-order valence-electron chi connectivity index (χ0n) is 17.2. The Morgan fingerprint density at radius 1 is 1.10 bits per heavy atom. The third-order valence-corrected chi connectivity index (χ3v) is 5.01. The van der Waals surface area contributed by atoms with Gasteiger partial charge in [-0.05, 0) is 61.4 Å². The second-order valence-corrected chi connectivity index (χ2v) is 7.22. The Morgan fingerprint density at radius 2 is 1.87 bits per heavy atom. The molecule has 1 aromatic heterocycles. The fourth-order valence-electron chi connectivity index (χ4n) is 2.84. The van der Waals surface area contributed by atoms with E-state index in [2.05, 4.69) is 10.1 Å². The van der Waals surface area contributed by atoms with E-state index < -0.39 is 11.9 Å². The second-order valence-electron chi connectivity index (χ2n) is 6.81. The van der Waals surface area contributed by atoms with Crippen LogP contribution in [0.2, 0.25) is 5.02 Å². The summed E-state index contributed by atoms with van der Waals surface area (Å²) >= 11 is 6.16. The summed E-state index contributed by atoms with van der Waals surface area (Å²) in [5.41, 5.74) is 3.53. The van der Waals surface area contributed by atoms with E-state index in [1.807, 2.05) is 32.0 Å². The van der Waals surface area contributed by atoms with Crippen LogP contribution in [-0.4, -0.2) is 19.0 Å². The monoisotopic (exact) mass is 434 g/mol. The number of hydrogen-bond donors (Lipinski definition) is 1. The summed E-state index contributed by atoms with van der Waals surface area (Å²) in [5.74, 6) is -0.270. The van der Waals surface area contributed by atoms with Crippen molar-refractivity contribution in [2.24, 2.45) is 0 Å². The van der Waals surface area contributed by atoms with Crippen LogP contribution in [-0.2, 0) is 9.53 Å². The van der Waals surface area contributed by atoms with Gasteiger partial charge in [-0.15, -0.1) is 0 Å². The van der Waals surface area contributed by atoms with Gasteiger partial charge in [-0.3, -0.25) is 4.79 Å². The Labute approximate surface area is 184 Å². The van der Waals surface area contributed by atoms with Gasteiger partial charge in [0.05, 0.1) is 17.7 Å². The molecule has 0 aliphatic rings. The highest BCUT2D eigenvalue weighted by atomic mass is 35.5. The van der Waals surface area contributed by atoms with E-state index in [-0.39, 0.29) is 16.2 Å². The lowest BCUT2D eigenvalue weighted by atomic mass is 10.1. The van der Waals surface area contributed by atoms with Gasteiger partial charge < -0.3 is 14.5 Å². The molecule has 7 heteroatoms. The van der Waals surface area contributed by atoms with Gasteiger partial charge in [0.25, 0.3) is 5.91 Å². The predicted molar refractivity (Wildman–Crippen MR) is 119 cm³/mol. The molecule has 0 atom stereocenters. The summed E-state index contributed by atoms with van der Waals surface area (Å²) in [6.45, 7) is 3.92. The maximum Gasteiger partial charge on any atom is 0.339 e. The van der Waals surface area contributed by atoms with Gasteiger partial charge in [0, 0.05) is 17.3 Å². The SMILES string of the molecule is COC(=O)c1ccc(-c2ccc(/C=C(\C#N)C(=O)Nc3ccc(C)c(C)c3)o2)cc1Cl. The second kappa shape index (κ2) is 9.33. The number of halogens is 1. The average Bonchev–Trinajstić information content (AvgIpc) is 3.22. The maximum absolute atomic E-state index is 12.5. The van der Waals surface area contributed by atoms with Crippen molar-refractivity contribution in [1.82, 2.24) is 0 Å². The normalized spacial score (nSPS) is 11.0. The zero-order valence-corrected chi connectivity index (χ0v) is 17.9. The van der Waals surface area contributed by atoms with Crippen molar-refractivity contribution in [2.75, 3.05) is 12.4 Å². The number of rotatable bonds is 5. The molecule has 0 saturated heterocycles. The molecule has 2 aromatic carbocycles. The first kappa shape index (κ1) is 21.9. The van der Waals surface area contributed by atoms with Crippen molar-refractivity contribution in [1.29, 1.82) is 5.26 Å². The molecule has 0 unspecified atom stereocenters. The number of nitriles is 1. The number of aryl methyl sites for hydroxylation is 2. The van der Waals surface area contributed by atoms with Crippen LogP contribution in [0.25, 0.3) is 17.4 Å². The number of ether oxygens (including phenoxy) is 1. The van der Waals surface area contributed by atoms with Crippen LogP contribution in [0.4, 0.5) is 5.69 Å². The van der Waals surface area contributed by atoms with E-state index in [9.17, 15) is 14.9 Å². The van der Waals surface area contributed by atoms with Crippen LogP contribution in [0.15, 0.2) is 58.5 Å². The molecule has 0 fully saturated rings. The molecule has 1 amide bonds. The third kappa shape index (κ3) is 5.03. The Kier molecular flexibility index (Phi) is 6.58. The van der Waals surface area contributed by atoms with Crippen molar-refractivity contribution in [3.63, 3.8) is 0 Å². The number of esters is 1. The summed E-state index contributed by atoms with van der Waals surface area (Å²) in [4.78, 5) is 24.2. The first-order valence-electron chi connectivity index (χ1n) is 9.31. The summed E-state index contributed by atoms with van der Waals surface area (Å²) in [6.07, 6.45) is 1.37. The van der Waals surface area contributed by atoms with Crippen LogP contribution in [0.3, 0.4) is 0 Å². The molecule has 3 rings (SSSR count). The van der Waals surface area contributed by atoms with Gasteiger partial charge in [0.1, 0.15) is 23.2 Å². The average molecular weight is 435 g/mol. The van der Waals surface area contributed by atoms with E-state index in [0.717, 1.165) is 11.1 Å². The molecular formula is C24H19ClN2O4. The first-order valence-corrected chi connectivity index (χ1v) is 9.68. The number of carbonyl (C=O) groups is 2. The number of methoxy groups -OCH3 is 1. The third-order valence-electron chi connectivity index (χ3n) is 4.70. The van der Waals surface area contributed by atoms with Gasteiger partial charge in [0.15, 0.2) is 0 Å². The van der Waals surface area contributed by atoms with E-state index in [1.54, 1.807) is 36.4 Å². The van der Waals surface area contributed by atoms with Crippen LogP contribution in [0.1, 0.15) is 27.2 Å². The number of benzene rings is 2. The van der Waals surface area contributed by atoms with Gasteiger partial charge in [-0.25, -0.2) is 4.79 Å². The molecule has 0 bridgehead atoms. The van der Waals surface area contributed by atoms with Gasteiger partial charge in [0.2, 0.25) is 0 Å². The molecule has 1 N–H and O–H groups in total. The summed E-state index contributed by atoms with van der Waals surface area (Å²) in [6, 6.07) is 15.5. The maximum atomic E-state index is 12.5. The quantitative estimate of drug-likeness (QED) is 0.323. The highest BCUT2D eigenvalue weighted by Crippen LogP contribution is 2.28. The minimum absolute atomic E-state index is 0.0989. The fraction of sp³-hybridized carbons (Fsp3) is 0.125. The Balaban J connectivity index is 1.81. The molecule has 0 radical (unpaired) electrons. The number of nitrogens with zero attached hydrogens (tertiary/aromatic N) is 1. The van der Waals surface area contributed by atoms with Crippen LogP contribution in [0.5, 0.6) is 0 Å². The number of amides is 1. The summed E-state index contributed by atoms with van der Waals surface area (Å²) in [5, 5.41) is 12.4. The molecule has 3 aromatic rings. The van der Waals surface area contributed by atoms with Gasteiger partial charge in [-0.2, -0.15) is 5.26 Å². The zero-order chi connectivity index (χ0) is 22.5. The van der Waals surface area contributed by atoms with Crippen molar-refractivity contribution < 1.29 is 18.7 Å². The standard InChI is InChI=1S/C24H19ClN2O4/c1-14-4-6-18(10-15(14)2)27-23(28)17(13-26)11-19-7-9-22(31-19)16-5-8-20(21(25)12-16)24(29)30-3/h4-12H,1-3H3,(H,27,28)/b17-11+. The lowest BCUT2D eigenvalue weighted by molar-refractivity contribution is -0.112. The molecule has 1 heterocycles. The molecular weight excluding hydrogens is 416 g/mol. The molecule has 156 valence electrons. The van der Waals surface area contributed by atoms with Crippen LogP contribution >= 0.6 is 11.6 Å². The minimum Gasteiger partial charge on any atom is -0.465 e. The van der Waals surface area contributed by atoms with E-state index in [4.69, 9.17) is 16.0 Å². The van der Waals surface area contributed by atoms with Crippen molar-refractivity contribution in [2.45, 2.75) is 13.8 Å². The lowest BCUT2D eigenvalue weighted by Gasteiger charge is -2.07. The molecule has 0 aliphatic heterocycles. The number of anilines is 1. The van der Waals surface area contributed by atoms with Crippen LogP contribution < -0.4 is 5.32 Å². The van der Waals surface area contributed by atoms with E-state index in [1.165, 1.54) is 13.2 Å². The smallest absolute Gasteiger partial charge is 0.339 e. The van der Waals surface area contributed by atoms with Gasteiger partial charge in [-0.1, -0.05) is 23.7 Å². The number of furan rings is 1. The van der Waals surface area contributed by atoms with Crippen LogP contribution in [0, 0.1) is 25.2 Å². The minimum atomic E-state index is -0.534. The molecule has 31 heavy (non-hydrogen) atoms. The van der Waals surface area contributed by atoms with Crippen molar-refractivity contribution in [3.8, 4) is 17.4 Å². The largest absolute Gasteiger partial charge is 0.465 e. The highest BCUT2D eigenvalue weighted by molar-refractivity contribution is 6.33. The first-order chi connectivity index (χ1) is 14.8. The molecule has 0 spiro atoms. The van der Waals surface area contributed by atoms with E-state index in [0.29, 0.717) is 22.8 Å². The number of nitrogens with one attached hydrogen (secondary N) is 1. The highest BCUT2D eigenvalue weighted by Gasteiger charge is 2.14. The predicted octanol–water partition coefficient (Wildman–Crippen LogP) is 5.55. The Hall–Kier alpha value is -3.82. The molecule has 6 nitrogen and oxygen atoms in total. The summed E-state index contributed by atoms with van der Waals surface area (Å²) in [7, 11) is 1.28. The Bertz CT molecular complexity index is 1230. The van der Waals surface area contributed by atoms with Crippen molar-refractivity contribution in [3.05, 3.63) is 81.6 Å². The topological polar surface area (TPSA) is 92.3 Å². The molecule has 0 aliphatic carbocycles. The number of hydrogen-bond acceptors (Lipinski definition) is 5. The molecule has 0 saturated carbocycles. The Morgan fingerprint density at radius 3 is 2.52 bits per heavy atom. The number of carbonyl (C=O) groups excluding carboxylic acids is 2. The van der Waals surface area contributed by atoms with Gasteiger partial charge >= 0.3 is 5.97 Å². The fourth-order valence-corrected chi connectivity index (χ4v) is 3.10. The lowest BCUT2D eigenvalue weighted by Crippen LogP contribution is -2.13.